The van der Waals surface area contributed by atoms with Crippen LogP contribution in [0.4, 0.5) is 0 Å². The minimum Gasteiger partial charge on any atom is -0.494 e. The average molecular weight is 422 g/mol. The van der Waals surface area contributed by atoms with Gasteiger partial charge in [-0.05, 0) is 61.6 Å². The highest BCUT2D eigenvalue weighted by Gasteiger charge is 2.41. The summed E-state index contributed by atoms with van der Waals surface area (Å²) in [6.07, 6.45) is 4.30. The second kappa shape index (κ2) is 10.2. The SMILES string of the molecule is CCOc1ccc(C2=C(N(CC)CCc3ccncc3)C(=O)N(CC(C)C)C2=O)cc1. The standard InChI is InChI=1S/C25H31N3O3/c1-5-27(16-13-19-11-14-26-15-12-19)23-22(20-7-9-21(10-8-20)31-6-2)24(29)28(25(23)30)17-18(3)4/h7-12,14-15,18H,5-6,13,16-17H2,1-4H3. The van der Waals surface area contributed by atoms with E-state index >= 15 is 0 Å². The first-order valence-electron chi connectivity index (χ1n) is 10.9. The maximum absolute atomic E-state index is 13.4. The van der Waals surface area contributed by atoms with Crippen molar-refractivity contribution in [1.29, 1.82) is 0 Å². The molecule has 0 N–H and O–H groups in total. The fraction of sp³-hybridized carbons (Fsp3) is 0.400. The summed E-state index contributed by atoms with van der Waals surface area (Å²) in [6.45, 7) is 10.2. The Morgan fingerprint density at radius 2 is 1.68 bits per heavy atom. The summed E-state index contributed by atoms with van der Waals surface area (Å²) in [4.78, 5) is 34.2. The molecule has 0 spiro atoms. The third kappa shape index (κ3) is 5.13. The van der Waals surface area contributed by atoms with E-state index in [1.807, 2.05) is 69.0 Å². The largest absolute Gasteiger partial charge is 0.494 e. The lowest BCUT2D eigenvalue weighted by atomic mass is 10.0. The molecule has 6 heteroatoms. The molecule has 0 bridgehead atoms. The van der Waals surface area contributed by atoms with E-state index in [0.717, 1.165) is 23.3 Å². The van der Waals surface area contributed by atoms with Gasteiger partial charge in [-0.15, -0.1) is 0 Å². The number of ether oxygens (including phenoxy) is 1. The number of pyridine rings is 1. The van der Waals surface area contributed by atoms with Crippen molar-refractivity contribution < 1.29 is 14.3 Å². The Hall–Kier alpha value is -3.15. The third-order valence-electron chi connectivity index (χ3n) is 5.26. The van der Waals surface area contributed by atoms with E-state index in [9.17, 15) is 9.59 Å². The number of likely N-dealkylation sites (N-methyl/N-ethyl adjacent to an activating group) is 1. The van der Waals surface area contributed by atoms with E-state index < -0.39 is 0 Å². The summed E-state index contributed by atoms with van der Waals surface area (Å²) in [5.74, 6) is 0.509. The van der Waals surface area contributed by atoms with E-state index in [-0.39, 0.29) is 17.7 Å². The van der Waals surface area contributed by atoms with Crippen molar-refractivity contribution in [3.05, 3.63) is 65.6 Å². The van der Waals surface area contributed by atoms with Crippen LogP contribution in [0.2, 0.25) is 0 Å². The van der Waals surface area contributed by atoms with Crippen LogP contribution in [0.1, 0.15) is 38.8 Å². The molecular formula is C25H31N3O3. The number of carbonyl (C=O) groups is 2. The lowest BCUT2D eigenvalue weighted by Crippen LogP contribution is -2.38. The number of amides is 2. The zero-order valence-corrected chi connectivity index (χ0v) is 18.8. The molecule has 3 rings (SSSR count). The highest BCUT2D eigenvalue weighted by Crippen LogP contribution is 2.33. The minimum absolute atomic E-state index is 0.195. The molecule has 0 saturated heterocycles. The molecule has 31 heavy (non-hydrogen) atoms. The Bertz CT molecular complexity index is 936. The van der Waals surface area contributed by atoms with E-state index in [1.54, 1.807) is 12.4 Å². The van der Waals surface area contributed by atoms with Crippen molar-refractivity contribution in [2.75, 3.05) is 26.2 Å². The molecule has 0 fully saturated rings. The molecule has 1 aromatic heterocycles. The molecule has 0 saturated carbocycles. The van der Waals surface area contributed by atoms with Crippen LogP contribution in [-0.2, 0) is 16.0 Å². The van der Waals surface area contributed by atoms with Gasteiger partial charge in [-0.25, -0.2) is 0 Å². The van der Waals surface area contributed by atoms with Gasteiger partial charge in [-0.2, -0.15) is 0 Å². The topological polar surface area (TPSA) is 62.7 Å². The number of benzene rings is 1. The Labute approximate surface area is 184 Å². The molecule has 0 aliphatic carbocycles. The predicted molar refractivity (Wildman–Crippen MR) is 121 cm³/mol. The van der Waals surface area contributed by atoms with Gasteiger partial charge in [-0.3, -0.25) is 19.5 Å². The van der Waals surface area contributed by atoms with Gasteiger partial charge in [0.05, 0.1) is 12.2 Å². The smallest absolute Gasteiger partial charge is 0.277 e. The molecule has 1 aromatic carbocycles. The first kappa shape index (κ1) is 22.5. The molecule has 1 aliphatic rings. The van der Waals surface area contributed by atoms with Crippen LogP contribution in [0.5, 0.6) is 5.75 Å². The molecule has 2 amide bonds. The highest BCUT2D eigenvalue weighted by molar-refractivity contribution is 6.35. The van der Waals surface area contributed by atoms with Crippen molar-refractivity contribution >= 4 is 17.4 Å². The Morgan fingerprint density at radius 3 is 2.26 bits per heavy atom. The molecule has 1 aliphatic heterocycles. The van der Waals surface area contributed by atoms with Crippen molar-refractivity contribution in [3.63, 3.8) is 0 Å². The van der Waals surface area contributed by atoms with Gasteiger partial charge < -0.3 is 9.64 Å². The van der Waals surface area contributed by atoms with Crippen LogP contribution >= 0.6 is 0 Å². The molecule has 6 nitrogen and oxygen atoms in total. The molecule has 2 aromatic rings. The van der Waals surface area contributed by atoms with Gasteiger partial charge in [0.15, 0.2) is 0 Å². The average Bonchev–Trinajstić information content (AvgIpc) is 3.00. The number of imide groups is 1. The molecule has 2 heterocycles. The lowest BCUT2D eigenvalue weighted by Gasteiger charge is -2.25. The Balaban J connectivity index is 1.97. The van der Waals surface area contributed by atoms with Crippen molar-refractivity contribution in [3.8, 4) is 5.75 Å². The summed E-state index contributed by atoms with van der Waals surface area (Å²) in [7, 11) is 0. The fourth-order valence-electron chi connectivity index (χ4n) is 3.77. The number of hydrogen-bond acceptors (Lipinski definition) is 5. The molecule has 0 radical (unpaired) electrons. The first-order chi connectivity index (χ1) is 15.0. The predicted octanol–water partition coefficient (Wildman–Crippen LogP) is 3.78. The summed E-state index contributed by atoms with van der Waals surface area (Å²) in [5, 5.41) is 0. The van der Waals surface area contributed by atoms with Crippen molar-refractivity contribution in [2.24, 2.45) is 5.92 Å². The summed E-state index contributed by atoms with van der Waals surface area (Å²) >= 11 is 0. The van der Waals surface area contributed by atoms with Crippen LogP contribution in [0, 0.1) is 5.92 Å². The number of nitrogens with zero attached hydrogens (tertiary/aromatic N) is 3. The Kier molecular flexibility index (Phi) is 7.45. The van der Waals surface area contributed by atoms with Crippen molar-refractivity contribution in [1.82, 2.24) is 14.8 Å². The zero-order valence-electron chi connectivity index (χ0n) is 18.8. The maximum Gasteiger partial charge on any atom is 0.277 e. The molecule has 0 atom stereocenters. The fourth-order valence-corrected chi connectivity index (χ4v) is 3.77. The summed E-state index contributed by atoms with van der Waals surface area (Å²) in [5.41, 5.74) is 2.86. The van der Waals surface area contributed by atoms with Gasteiger partial charge >= 0.3 is 0 Å². The monoisotopic (exact) mass is 421 g/mol. The quantitative estimate of drug-likeness (QED) is 0.547. The number of carbonyl (C=O) groups excluding carboxylic acids is 2. The van der Waals surface area contributed by atoms with Gasteiger partial charge in [-0.1, -0.05) is 26.0 Å². The number of hydrogen-bond donors (Lipinski definition) is 0. The highest BCUT2D eigenvalue weighted by atomic mass is 16.5. The van der Waals surface area contributed by atoms with E-state index in [4.69, 9.17) is 4.74 Å². The second-order valence-electron chi connectivity index (χ2n) is 7.98. The van der Waals surface area contributed by atoms with Crippen LogP contribution in [-0.4, -0.2) is 52.8 Å². The molecular weight excluding hydrogens is 390 g/mol. The summed E-state index contributed by atoms with van der Waals surface area (Å²) in [6, 6.07) is 11.4. The van der Waals surface area contributed by atoms with Crippen molar-refractivity contribution in [2.45, 2.75) is 34.1 Å². The molecule has 0 unspecified atom stereocenters. The first-order valence-corrected chi connectivity index (χ1v) is 10.9. The Morgan fingerprint density at radius 1 is 1.00 bits per heavy atom. The number of rotatable bonds is 10. The normalized spacial score (nSPS) is 14.0. The van der Waals surface area contributed by atoms with Gasteiger partial charge in [0.1, 0.15) is 11.4 Å². The zero-order chi connectivity index (χ0) is 22.4. The second-order valence-corrected chi connectivity index (χ2v) is 7.98. The van der Waals surface area contributed by atoms with Gasteiger partial charge in [0.25, 0.3) is 11.8 Å². The van der Waals surface area contributed by atoms with Crippen LogP contribution in [0.3, 0.4) is 0 Å². The van der Waals surface area contributed by atoms with Crippen LogP contribution in [0.15, 0.2) is 54.5 Å². The van der Waals surface area contributed by atoms with Gasteiger partial charge in [0.2, 0.25) is 0 Å². The van der Waals surface area contributed by atoms with E-state index in [0.29, 0.717) is 37.5 Å². The minimum atomic E-state index is -0.222. The van der Waals surface area contributed by atoms with E-state index in [2.05, 4.69) is 4.98 Å². The molecule has 164 valence electrons. The van der Waals surface area contributed by atoms with E-state index in [1.165, 1.54) is 4.90 Å². The third-order valence-corrected chi connectivity index (χ3v) is 5.26. The van der Waals surface area contributed by atoms with Gasteiger partial charge in [0, 0.05) is 32.0 Å². The number of aromatic nitrogens is 1. The van der Waals surface area contributed by atoms with Crippen LogP contribution < -0.4 is 4.74 Å². The summed E-state index contributed by atoms with van der Waals surface area (Å²) < 4.78 is 5.53. The van der Waals surface area contributed by atoms with Crippen LogP contribution in [0.25, 0.3) is 5.57 Å². The lowest BCUT2D eigenvalue weighted by molar-refractivity contribution is -0.138. The maximum atomic E-state index is 13.4.